The number of carbonyl (C=O) groups excluding carboxylic acids is 3. The molecule has 1 aromatic heterocycles. The summed E-state index contributed by atoms with van der Waals surface area (Å²) < 4.78 is 0. The van der Waals surface area contributed by atoms with Crippen molar-refractivity contribution in [1.82, 2.24) is 35.1 Å². The van der Waals surface area contributed by atoms with Crippen LogP contribution in [0.5, 0.6) is 0 Å². The van der Waals surface area contributed by atoms with E-state index in [1.165, 1.54) is 12.8 Å². The number of para-hydroxylation sites is 1. The molecule has 4 aliphatic heterocycles. The molecule has 3 N–H and O–H groups in total. The fraction of sp³-hybridized carbons (Fsp3) is 0.579. The fourth-order valence-corrected chi connectivity index (χ4v) is 8.70. The summed E-state index contributed by atoms with van der Waals surface area (Å²) in [6, 6.07) is 11.3. The molecule has 2 aromatic carbocycles. The molecule has 0 aliphatic carbocycles. The van der Waals surface area contributed by atoms with E-state index in [1.807, 2.05) is 39.1 Å². The molecule has 11 heteroatoms. The van der Waals surface area contributed by atoms with Crippen molar-refractivity contribution in [2.75, 3.05) is 58.2 Å². The van der Waals surface area contributed by atoms with E-state index in [9.17, 15) is 14.4 Å². The van der Waals surface area contributed by atoms with Crippen molar-refractivity contribution in [2.45, 2.75) is 76.8 Å². The number of rotatable bonds is 7. The Bertz CT molecular complexity index is 1630. The number of hydrogen-bond donors (Lipinski definition) is 3. The number of aromatic amines is 1. The van der Waals surface area contributed by atoms with Crippen molar-refractivity contribution < 1.29 is 14.4 Å². The molecule has 7 rings (SSSR count). The highest BCUT2D eigenvalue weighted by atomic mass is 16.2. The number of carbonyl (C=O) groups is 3. The summed E-state index contributed by atoms with van der Waals surface area (Å²) in [5.74, 6) is 1.43. The van der Waals surface area contributed by atoms with E-state index in [1.54, 1.807) is 0 Å². The number of hydrogen-bond acceptors (Lipinski definition) is 5. The largest absolute Gasteiger partial charge is 0.341 e. The van der Waals surface area contributed by atoms with E-state index in [0.717, 1.165) is 91.1 Å². The molecule has 5 heterocycles. The van der Waals surface area contributed by atoms with Crippen LogP contribution in [-0.4, -0.2) is 113 Å². The lowest BCUT2D eigenvalue weighted by atomic mass is 9.79. The SMILES string of the molecule is CCc1cc(CC(NC(=O)N2CCC(N3CCc4ccccc4NC3=O)CC2)C(=O)N2CCC(C3CCN(C)CC3)CC2)cc2cn[nH]c12. The molecule has 4 aliphatic rings. The van der Waals surface area contributed by atoms with Crippen molar-refractivity contribution in [3.05, 3.63) is 59.3 Å². The number of H-pyrrole nitrogens is 1. The Labute approximate surface area is 289 Å². The second kappa shape index (κ2) is 14.8. The average molecular weight is 669 g/mol. The van der Waals surface area contributed by atoms with Crippen molar-refractivity contribution >= 4 is 34.6 Å². The molecule has 5 amide bonds. The zero-order valence-corrected chi connectivity index (χ0v) is 29.1. The topological polar surface area (TPSA) is 117 Å². The number of nitrogens with zero attached hydrogens (tertiary/aromatic N) is 5. The molecule has 11 nitrogen and oxygen atoms in total. The first-order valence-corrected chi connectivity index (χ1v) is 18.5. The monoisotopic (exact) mass is 668 g/mol. The minimum Gasteiger partial charge on any atom is -0.341 e. The summed E-state index contributed by atoms with van der Waals surface area (Å²) in [4.78, 5) is 49.4. The van der Waals surface area contributed by atoms with Gasteiger partial charge < -0.3 is 30.2 Å². The molecule has 262 valence electrons. The Morgan fingerprint density at radius 1 is 0.918 bits per heavy atom. The van der Waals surface area contributed by atoms with Crippen molar-refractivity contribution in [2.24, 2.45) is 11.8 Å². The minimum atomic E-state index is -0.658. The minimum absolute atomic E-state index is 0.0104. The van der Waals surface area contributed by atoms with Gasteiger partial charge in [0.2, 0.25) is 5.91 Å². The number of piperidine rings is 3. The lowest BCUT2D eigenvalue weighted by Gasteiger charge is -2.41. The van der Waals surface area contributed by atoms with Crippen molar-refractivity contribution in [3.63, 3.8) is 0 Å². The van der Waals surface area contributed by atoms with Crippen molar-refractivity contribution in [1.29, 1.82) is 0 Å². The van der Waals surface area contributed by atoms with E-state index < -0.39 is 6.04 Å². The van der Waals surface area contributed by atoms with E-state index in [0.29, 0.717) is 44.8 Å². The van der Waals surface area contributed by atoms with Crippen LogP contribution in [0.2, 0.25) is 0 Å². The number of anilines is 1. The molecule has 0 spiro atoms. The Kier molecular flexibility index (Phi) is 10.1. The number of aromatic nitrogens is 2. The fourth-order valence-electron chi connectivity index (χ4n) is 8.70. The summed E-state index contributed by atoms with van der Waals surface area (Å²) in [5.41, 5.74) is 5.24. The van der Waals surface area contributed by atoms with Crippen LogP contribution in [0, 0.1) is 11.8 Å². The molecule has 3 saturated heterocycles. The number of likely N-dealkylation sites (tertiary alicyclic amines) is 3. The van der Waals surface area contributed by atoms with E-state index in [4.69, 9.17) is 0 Å². The van der Waals surface area contributed by atoms with Gasteiger partial charge in [-0.25, -0.2) is 9.59 Å². The first kappa shape index (κ1) is 33.4. The maximum absolute atomic E-state index is 14.3. The molecule has 0 bridgehead atoms. The highest BCUT2D eigenvalue weighted by Crippen LogP contribution is 2.33. The van der Waals surface area contributed by atoms with Crippen LogP contribution < -0.4 is 10.6 Å². The van der Waals surface area contributed by atoms with Crippen LogP contribution in [0.1, 0.15) is 62.1 Å². The highest BCUT2D eigenvalue weighted by molar-refractivity contribution is 5.91. The molecule has 3 fully saturated rings. The maximum atomic E-state index is 14.3. The number of fused-ring (bicyclic) bond motifs is 2. The third kappa shape index (κ3) is 7.41. The lowest BCUT2D eigenvalue weighted by Crippen LogP contribution is -2.57. The predicted molar refractivity (Wildman–Crippen MR) is 191 cm³/mol. The van der Waals surface area contributed by atoms with Gasteiger partial charge in [0.25, 0.3) is 0 Å². The lowest BCUT2D eigenvalue weighted by molar-refractivity contribution is -0.135. The van der Waals surface area contributed by atoms with E-state index in [2.05, 4.69) is 57.9 Å². The first-order valence-electron chi connectivity index (χ1n) is 18.5. The van der Waals surface area contributed by atoms with Gasteiger partial charge in [-0.3, -0.25) is 9.89 Å². The molecule has 49 heavy (non-hydrogen) atoms. The summed E-state index contributed by atoms with van der Waals surface area (Å²) in [5, 5.41) is 14.7. The first-order chi connectivity index (χ1) is 23.9. The Balaban J connectivity index is 1.01. The van der Waals surface area contributed by atoms with Crippen LogP contribution in [0.25, 0.3) is 10.9 Å². The number of benzene rings is 2. The summed E-state index contributed by atoms with van der Waals surface area (Å²) >= 11 is 0. The number of amides is 5. The van der Waals surface area contributed by atoms with Crippen LogP contribution in [0.15, 0.2) is 42.6 Å². The van der Waals surface area contributed by atoms with Crippen molar-refractivity contribution in [3.8, 4) is 0 Å². The zero-order chi connectivity index (χ0) is 33.9. The third-order valence-corrected chi connectivity index (χ3v) is 11.7. The number of aryl methyl sites for hydroxylation is 1. The van der Waals surface area contributed by atoms with Gasteiger partial charge in [0.05, 0.1) is 11.7 Å². The Hall–Kier alpha value is -4.12. The van der Waals surface area contributed by atoms with Gasteiger partial charge in [-0.05, 0) is 112 Å². The van der Waals surface area contributed by atoms with Crippen LogP contribution in [0.4, 0.5) is 15.3 Å². The summed E-state index contributed by atoms with van der Waals surface area (Å²) in [7, 11) is 2.20. The Morgan fingerprint density at radius 2 is 1.61 bits per heavy atom. The third-order valence-electron chi connectivity index (χ3n) is 11.7. The van der Waals surface area contributed by atoms with Gasteiger partial charge in [0, 0.05) is 56.3 Å². The summed E-state index contributed by atoms with van der Waals surface area (Å²) in [6.45, 7) is 7.67. The predicted octanol–water partition coefficient (Wildman–Crippen LogP) is 4.88. The standard InChI is InChI=1S/C38H52N8O3/c1-3-27-22-26(23-31-25-39-42-35(27)31)24-34(36(47)44-17-10-29(11-18-44)28-8-15-43(2)16-9-28)41-37(48)45-19-13-32(14-20-45)46-21-12-30-6-4-5-7-33(30)40-38(46)49/h4-7,22-23,25,28-29,32,34H,3,8-21,24H2,1-2H3,(H,39,42)(H,40,49)(H,41,48). The quantitative estimate of drug-likeness (QED) is 0.332. The summed E-state index contributed by atoms with van der Waals surface area (Å²) in [6.07, 6.45) is 9.88. The molecule has 1 unspecified atom stereocenters. The van der Waals surface area contributed by atoms with Gasteiger partial charge in [-0.2, -0.15) is 5.10 Å². The number of urea groups is 2. The number of nitrogens with one attached hydrogen (secondary N) is 3. The van der Waals surface area contributed by atoms with Gasteiger partial charge in [0.15, 0.2) is 0 Å². The Morgan fingerprint density at radius 3 is 2.35 bits per heavy atom. The molecular formula is C38H52N8O3. The van der Waals surface area contributed by atoms with Gasteiger partial charge in [0.1, 0.15) is 6.04 Å². The highest BCUT2D eigenvalue weighted by Gasteiger charge is 2.36. The van der Waals surface area contributed by atoms with E-state index >= 15 is 0 Å². The van der Waals surface area contributed by atoms with Crippen LogP contribution in [-0.2, 0) is 24.1 Å². The molecule has 3 aromatic rings. The zero-order valence-electron chi connectivity index (χ0n) is 29.1. The van der Waals surface area contributed by atoms with E-state index in [-0.39, 0.29) is 24.0 Å². The molecule has 0 saturated carbocycles. The molecule has 0 radical (unpaired) electrons. The van der Waals surface area contributed by atoms with Crippen LogP contribution >= 0.6 is 0 Å². The van der Waals surface area contributed by atoms with Gasteiger partial charge in [-0.1, -0.05) is 31.2 Å². The average Bonchev–Trinajstić information content (AvgIpc) is 3.54. The maximum Gasteiger partial charge on any atom is 0.322 e. The molecular weight excluding hydrogens is 616 g/mol. The van der Waals surface area contributed by atoms with Gasteiger partial charge in [-0.15, -0.1) is 0 Å². The molecule has 1 atom stereocenters. The van der Waals surface area contributed by atoms with Crippen LogP contribution in [0.3, 0.4) is 0 Å². The normalized spacial score (nSPS) is 20.9. The smallest absolute Gasteiger partial charge is 0.322 e. The second-order valence-electron chi connectivity index (χ2n) is 14.7. The second-order valence-corrected chi connectivity index (χ2v) is 14.7. The van der Waals surface area contributed by atoms with Gasteiger partial charge >= 0.3 is 12.1 Å².